The number of rotatable bonds is 6. The van der Waals surface area contributed by atoms with Gasteiger partial charge in [-0.2, -0.15) is 0 Å². The van der Waals surface area contributed by atoms with Crippen molar-refractivity contribution in [3.05, 3.63) is 64.2 Å². The number of Topliss-reactive ketones (excluding diaryl/α,β-unsaturated/α-hetero) is 1. The average Bonchev–Trinajstić information content (AvgIpc) is 3.37. The van der Waals surface area contributed by atoms with Crippen molar-refractivity contribution < 1.29 is 22.7 Å². The standard InChI is InChI=1S/C22H23NO5S/c1-2-29(26,27)23-11-10-17-13-18(8-9-20(17)23)21(24)14-28-22(25)19-7-6-15-4-3-5-16(15)12-19/h6-9,12-13H,2-5,10-11,14H2,1H3. The van der Waals surface area contributed by atoms with Crippen molar-refractivity contribution in [2.24, 2.45) is 0 Å². The van der Waals surface area contributed by atoms with Gasteiger partial charge in [0.15, 0.2) is 12.4 Å². The van der Waals surface area contributed by atoms with Crippen LogP contribution < -0.4 is 4.31 Å². The Bertz CT molecular complexity index is 1090. The minimum atomic E-state index is -3.32. The van der Waals surface area contributed by atoms with Gasteiger partial charge >= 0.3 is 5.97 Å². The molecule has 0 saturated carbocycles. The molecule has 4 rings (SSSR count). The summed E-state index contributed by atoms with van der Waals surface area (Å²) in [5, 5.41) is 0. The van der Waals surface area contributed by atoms with Crippen LogP contribution in [0.3, 0.4) is 0 Å². The third-order valence-electron chi connectivity index (χ3n) is 5.62. The molecule has 0 aromatic heterocycles. The van der Waals surface area contributed by atoms with E-state index in [4.69, 9.17) is 4.74 Å². The number of aryl methyl sites for hydroxylation is 2. The normalized spacial score (nSPS) is 15.1. The van der Waals surface area contributed by atoms with Crippen molar-refractivity contribution in [3.8, 4) is 0 Å². The molecule has 2 aromatic rings. The van der Waals surface area contributed by atoms with Crippen molar-refractivity contribution >= 4 is 27.5 Å². The number of benzene rings is 2. The maximum absolute atomic E-state index is 12.5. The van der Waals surface area contributed by atoms with Gasteiger partial charge in [0.05, 0.1) is 17.0 Å². The van der Waals surface area contributed by atoms with E-state index in [0.29, 0.717) is 29.8 Å². The Labute approximate surface area is 170 Å². The molecule has 1 heterocycles. The minimum Gasteiger partial charge on any atom is -0.454 e. The summed E-state index contributed by atoms with van der Waals surface area (Å²) in [6, 6.07) is 10.5. The van der Waals surface area contributed by atoms with Crippen LogP contribution in [0.1, 0.15) is 50.8 Å². The number of ketones is 1. The van der Waals surface area contributed by atoms with Gasteiger partial charge in [0.1, 0.15) is 0 Å². The number of carbonyl (C=O) groups is 2. The fraction of sp³-hybridized carbons (Fsp3) is 0.364. The van der Waals surface area contributed by atoms with E-state index in [1.807, 2.05) is 12.1 Å². The molecular weight excluding hydrogens is 390 g/mol. The Hall–Kier alpha value is -2.67. The summed E-state index contributed by atoms with van der Waals surface area (Å²) in [6.07, 6.45) is 3.67. The summed E-state index contributed by atoms with van der Waals surface area (Å²) in [7, 11) is -3.32. The Morgan fingerprint density at radius 3 is 2.48 bits per heavy atom. The molecule has 0 N–H and O–H groups in total. The first kappa shape index (κ1) is 19.6. The van der Waals surface area contributed by atoms with E-state index in [1.54, 1.807) is 31.2 Å². The molecule has 1 aliphatic heterocycles. The van der Waals surface area contributed by atoms with Crippen molar-refractivity contribution in [1.82, 2.24) is 0 Å². The number of fused-ring (bicyclic) bond motifs is 2. The van der Waals surface area contributed by atoms with Crippen molar-refractivity contribution in [2.75, 3.05) is 23.2 Å². The van der Waals surface area contributed by atoms with Crippen LogP contribution in [0.2, 0.25) is 0 Å². The number of sulfonamides is 1. The molecule has 1 aliphatic carbocycles. The predicted molar refractivity (Wildman–Crippen MR) is 110 cm³/mol. The van der Waals surface area contributed by atoms with Gasteiger partial charge in [-0.25, -0.2) is 13.2 Å². The first-order chi connectivity index (χ1) is 13.9. The van der Waals surface area contributed by atoms with E-state index >= 15 is 0 Å². The molecule has 0 saturated heterocycles. The molecule has 0 spiro atoms. The molecule has 2 aliphatic rings. The first-order valence-electron chi connectivity index (χ1n) is 9.84. The highest BCUT2D eigenvalue weighted by atomic mass is 32.2. The smallest absolute Gasteiger partial charge is 0.338 e. The van der Waals surface area contributed by atoms with Gasteiger partial charge in [-0.1, -0.05) is 6.07 Å². The van der Waals surface area contributed by atoms with E-state index < -0.39 is 16.0 Å². The third kappa shape index (κ3) is 3.79. The summed E-state index contributed by atoms with van der Waals surface area (Å²) in [4.78, 5) is 24.8. The van der Waals surface area contributed by atoms with E-state index in [9.17, 15) is 18.0 Å². The van der Waals surface area contributed by atoms with E-state index in [1.165, 1.54) is 15.4 Å². The summed E-state index contributed by atoms with van der Waals surface area (Å²) in [6.45, 7) is 1.66. The highest BCUT2D eigenvalue weighted by Gasteiger charge is 2.28. The number of esters is 1. The molecule has 0 fully saturated rings. The summed E-state index contributed by atoms with van der Waals surface area (Å²) in [5.41, 5.74) is 4.77. The Morgan fingerprint density at radius 2 is 1.69 bits per heavy atom. The second-order valence-corrected chi connectivity index (χ2v) is 9.58. The molecule has 152 valence electrons. The number of hydrogen-bond acceptors (Lipinski definition) is 5. The van der Waals surface area contributed by atoms with Gasteiger partial charge in [0, 0.05) is 12.1 Å². The molecule has 0 radical (unpaired) electrons. The van der Waals surface area contributed by atoms with Gasteiger partial charge in [-0.3, -0.25) is 9.10 Å². The predicted octanol–water partition coefficient (Wildman–Crippen LogP) is 2.93. The topological polar surface area (TPSA) is 80.8 Å². The average molecular weight is 413 g/mol. The summed E-state index contributed by atoms with van der Waals surface area (Å²) in [5.74, 6) is -0.778. The van der Waals surface area contributed by atoms with Crippen LogP contribution in [0.4, 0.5) is 5.69 Å². The van der Waals surface area contributed by atoms with E-state index in [-0.39, 0.29) is 18.1 Å². The second-order valence-electron chi connectivity index (χ2n) is 7.40. The lowest BCUT2D eigenvalue weighted by molar-refractivity contribution is 0.0474. The Morgan fingerprint density at radius 1 is 0.966 bits per heavy atom. The molecule has 6 nitrogen and oxygen atoms in total. The van der Waals surface area contributed by atoms with Crippen LogP contribution in [0.15, 0.2) is 36.4 Å². The molecule has 2 aromatic carbocycles. The lowest BCUT2D eigenvalue weighted by Crippen LogP contribution is -2.30. The van der Waals surface area contributed by atoms with Crippen LogP contribution >= 0.6 is 0 Å². The van der Waals surface area contributed by atoms with Gasteiger partial charge in [-0.15, -0.1) is 0 Å². The van der Waals surface area contributed by atoms with Crippen molar-refractivity contribution in [3.63, 3.8) is 0 Å². The number of carbonyl (C=O) groups excluding carboxylic acids is 2. The molecular formula is C22H23NO5S. The maximum Gasteiger partial charge on any atom is 0.338 e. The Kier molecular flexibility index (Phi) is 5.17. The fourth-order valence-corrected chi connectivity index (χ4v) is 5.15. The second kappa shape index (κ2) is 7.63. The fourth-order valence-electron chi connectivity index (χ4n) is 3.99. The van der Waals surface area contributed by atoms with E-state index in [0.717, 1.165) is 24.8 Å². The number of nitrogens with zero attached hydrogens (tertiary/aromatic N) is 1. The molecule has 0 unspecified atom stereocenters. The summed E-state index contributed by atoms with van der Waals surface area (Å²) < 4.78 is 30.9. The largest absolute Gasteiger partial charge is 0.454 e. The third-order valence-corrected chi connectivity index (χ3v) is 7.40. The van der Waals surface area contributed by atoms with Crippen LogP contribution in [0.5, 0.6) is 0 Å². The van der Waals surface area contributed by atoms with Crippen LogP contribution in [0, 0.1) is 0 Å². The van der Waals surface area contributed by atoms with E-state index in [2.05, 4.69) is 0 Å². The zero-order valence-corrected chi connectivity index (χ0v) is 17.1. The number of ether oxygens (including phenoxy) is 1. The minimum absolute atomic E-state index is 0.0335. The number of anilines is 1. The first-order valence-corrected chi connectivity index (χ1v) is 11.5. The molecule has 0 amide bonds. The van der Waals surface area contributed by atoms with Gasteiger partial charge in [-0.05, 0) is 79.6 Å². The summed E-state index contributed by atoms with van der Waals surface area (Å²) >= 11 is 0. The lowest BCUT2D eigenvalue weighted by atomic mass is 10.1. The van der Waals surface area contributed by atoms with Gasteiger partial charge < -0.3 is 4.74 Å². The van der Waals surface area contributed by atoms with Gasteiger partial charge in [0.2, 0.25) is 10.0 Å². The molecule has 29 heavy (non-hydrogen) atoms. The maximum atomic E-state index is 12.5. The lowest BCUT2D eigenvalue weighted by Gasteiger charge is -2.18. The monoisotopic (exact) mass is 413 g/mol. The zero-order chi connectivity index (χ0) is 20.6. The van der Waals surface area contributed by atoms with Crippen molar-refractivity contribution in [1.29, 1.82) is 0 Å². The van der Waals surface area contributed by atoms with Gasteiger partial charge in [0.25, 0.3) is 0 Å². The number of hydrogen-bond donors (Lipinski definition) is 0. The molecule has 0 atom stereocenters. The van der Waals surface area contributed by atoms with Crippen molar-refractivity contribution in [2.45, 2.75) is 32.6 Å². The highest BCUT2D eigenvalue weighted by Crippen LogP contribution is 2.31. The molecule has 0 bridgehead atoms. The quantitative estimate of drug-likeness (QED) is 0.537. The SMILES string of the molecule is CCS(=O)(=O)N1CCc2cc(C(=O)COC(=O)c3ccc4c(c3)CCC4)ccc21. The molecule has 7 heteroatoms. The highest BCUT2D eigenvalue weighted by molar-refractivity contribution is 7.92. The zero-order valence-electron chi connectivity index (χ0n) is 16.3. The van der Waals surface area contributed by atoms with Crippen LogP contribution in [0.25, 0.3) is 0 Å². The van der Waals surface area contributed by atoms with Crippen LogP contribution in [-0.4, -0.2) is 39.1 Å². The Balaban J connectivity index is 1.42. The van der Waals surface area contributed by atoms with Crippen LogP contribution in [-0.2, 0) is 34.0 Å².